The van der Waals surface area contributed by atoms with Crippen molar-refractivity contribution in [3.63, 3.8) is 0 Å². The highest BCUT2D eigenvalue weighted by atomic mass is 16.5. The van der Waals surface area contributed by atoms with E-state index in [0.29, 0.717) is 25.3 Å². The fourth-order valence-electron chi connectivity index (χ4n) is 2.19. The highest BCUT2D eigenvalue weighted by molar-refractivity contribution is 6.01. The van der Waals surface area contributed by atoms with Gasteiger partial charge in [-0.2, -0.15) is 0 Å². The van der Waals surface area contributed by atoms with Crippen LogP contribution < -0.4 is 0 Å². The second kappa shape index (κ2) is 5.84. The smallest absolute Gasteiger partial charge is 0.337 e. The summed E-state index contributed by atoms with van der Waals surface area (Å²) >= 11 is 0. The van der Waals surface area contributed by atoms with Crippen LogP contribution in [0.1, 0.15) is 30.0 Å². The molecule has 1 heterocycles. The quantitative estimate of drug-likeness (QED) is 0.811. The molecule has 1 aromatic carbocycles. The molecule has 2 aromatic rings. The van der Waals surface area contributed by atoms with Gasteiger partial charge in [0.2, 0.25) is 0 Å². The van der Waals surface area contributed by atoms with Crippen LogP contribution in [0.2, 0.25) is 0 Å². The number of benzene rings is 1. The Morgan fingerprint density at radius 3 is 2.84 bits per heavy atom. The lowest BCUT2D eigenvalue weighted by Gasteiger charge is -2.08. The number of carboxylic acid groups (broad SMARTS) is 1. The van der Waals surface area contributed by atoms with Crippen LogP contribution >= 0.6 is 0 Å². The van der Waals surface area contributed by atoms with E-state index in [-0.39, 0.29) is 5.56 Å². The van der Waals surface area contributed by atoms with Gasteiger partial charge >= 0.3 is 5.97 Å². The van der Waals surface area contributed by atoms with Gasteiger partial charge in [-0.1, -0.05) is 13.0 Å². The van der Waals surface area contributed by atoms with Gasteiger partial charge in [-0.25, -0.2) is 9.78 Å². The monoisotopic (exact) mass is 262 g/mol. The van der Waals surface area contributed by atoms with Crippen LogP contribution in [0.25, 0.3) is 11.0 Å². The van der Waals surface area contributed by atoms with E-state index < -0.39 is 5.97 Å². The van der Waals surface area contributed by atoms with Crippen LogP contribution in [0, 0.1) is 0 Å². The first-order valence-electron chi connectivity index (χ1n) is 6.48. The first-order chi connectivity index (χ1) is 9.19. The summed E-state index contributed by atoms with van der Waals surface area (Å²) in [4.78, 5) is 15.7. The van der Waals surface area contributed by atoms with Crippen LogP contribution in [0.4, 0.5) is 0 Å². The normalized spacial score (nSPS) is 11.1. The summed E-state index contributed by atoms with van der Waals surface area (Å²) in [6.07, 6.45) is 0.764. The fraction of sp³-hybridized carbons (Fsp3) is 0.429. The minimum absolute atomic E-state index is 0.252. The van der Waals surface area contributed by atoms with Crippen LogP contribution in [-0.2, 0) is 17.7 Å². The van der Waals surface area contributed by atoms with Crippen LogP contribution in [0.5, 0.6) is 0 Å². The number of aromatic carboxylic acids is 1. The predicted molar refractivity (Wildman–Crippen MR) is 72.6 cm³/mol. The third kappa shape index (κ3) is 2.61. The molecule has 0 bridgehead atoms. The maximum Gasteiger partial charge on any atom is 0.337 e. The van der Waals surface area contributed by atoms with Gasteiger partial charge in [0, 0.05) is 19.6 Å². The SMILES string of the molecule is CCOCCn1c(CC)nc2c(C(=O)O)cccc21. The van der Waals surface area contributed by atoms with Crippen molar-refractivity contribution in [1.29, 1.82) is 0 Å². The Labute approximate surface area is 111 Å². The zero-order valence-electron chi connectivity index (χ0n) is 11.2. The molecular weight excluding hydrogens is 244 g/mol. The summed E-state index contributed by atoms with van der Waals surface area (Å²) in [6, 6.07) is 5.24. The minimum atomic E-state index is -0.942. The molecule has 0 amide bonds. The number of hydrogen-bond acceptors (Lipinski definition) is 3. The van der Waals surface area contributed by atoms with Gasteiger partial charge in [-0.15, -0.1) is 0 Å². The number of carboxylic acids is 1. The van der Waals surface area contributed by atoms with Crippen molar-refractivity contribution in [2.45, 2.75) is 26.8 Å². The summed E-state index contributed by atoms with van der Waals surface area (Å²) < 4.78 is 7.41. The molecule has 0 aliphatic rings. The van der Waals surface area contributed by atoms with Crippen molar-refractivity contribution < 1.29 is 14.6 Å². The maximum absolute atomic E-state index is 11.2. The van der Waals surface area contributed by atoms with Crippen molar-refractivity contribution in [3.8, 4) is 0 Å². The van der Waals surface area contributed by atoms with E-state index in [1.165, 1.54) is 0 Å². The van der Waals surface area contributed by atoms with Gasteiger partial charge in [0.25, 0.3) is 0 Å². The third-order valence-electron chi connectivity index (χ3n) is 3.07. The third-order valence-corrected chi connectivity index (χ3v) is 3.07. The molecule has 0 saturated heterocycles. The summed E-state index contributed by atoms with van der Waals surface area (Å²) in [5, 5.41) is 9.20. The van der Waals surface area contributed by atoms with Crippen LogP contribution in [0.15, 0.2) is 18.2 Å². The van der Waals surface area contributed by atoms with Crippen molar-refractivity contribution >= 4 is 17.0 Å². The Kier molecular flexibility index (Phi) is 4.16. The molecule has 0 spiro atoms. The van der Waals surface area contributed by atoms with E-state index in [2.05, 4.69) is 4.98 Å². The molecule has 1 N–H and O–H groups in total. The summed E-state index contributed by atoms with van der Waals surface area (Å²) in [5.41, 5.74) is 1.67. The van der Waals surface area contributed by atoms with Crippen LogP contribution in [0.3, 0.4) is 0 Å². The van der Waals surface area contributed by atoms with E-state index in [9.17, 15) is 9.90 Å². The number of nitrogens with zero attached hydrogens (tertiary/aromatic N) is 2. The Bertz CT molecular complexity index is 590. The molecule has 0 atom stereocenters. The second-order valence-electron chi connectivity index (χ2n) is 4.21. The Hall–Kier alpha value is -1.88. The number of carbonyl (C=O) groups is 1. The Morgan fingerprint density at radius 1 is 1.42 bits per heavy atom. The van der Waals surface area contributed by atoms with E-state index in [1.807, 2.05) is 24.5 Å². The first-order valence-corrected chi connectivity index (χ1v) is 6.48. The molecule has 0 fully saturated rings. The molecule has 102 valence electrons. The maximum atomic E-state index is 11.2. The summed E-state index contributed by atoms with van der Waals surface area (Å²) in [5.74, 6) is -0.0499. The number of para-hydroxylation sites is 1. The lowest BCUT2D eigenvalue weighted by molar-refractivity contribution is 0.0699. The number of imidazole rings is 1. The van der Waals surface area contributed by atoms with Gasteiger partial charge < -0.3 is 14.4 Å². The summed E-state index contributed by atoms with van der Waals surface area (Å²) in [7, 11) is 0. The average Bonchev–Trinajstić information content (AvgIpc) is 2.77. The number of aromatic nitrogens is 2. The molecular formula is C14H18N2O3. The van der Waals surface area contributed by atoms with Gasteiger partial charge in [0.1, 0.15) is 11.3 Å². The topological polar surface area (TPSA) is 64.4 Å². The number of rotatable bonds is 6. The molecule has 0 saturated carbocycles. The Balaban J connectivity index is 2.49. The highest BCUT2D eigenvalue weighted by Gasteiger charge is 2.15. The molecule has 0 radical (unpaired) electrons. The zero-order valence-corrected chi connectivity index (χ0v) is 11.2. The van der Waals surface area contributed by atoms with E-state index in [0.717, 1.165) is 17.8 Å². The largest absolute Gasteiger partial charge is 0.478 e. The summed E-state index contributed by atoms with van der Waals surface area (Å²) in [6.45, 7) is 5.94. The lowest BCUT2D eigenvalue weighted by Crippen LogP contribution is -2.09. The number of ether oxygens (including phenoxy) is 1. The van der Waals surface area contributed by atoms with Gasteiger partial charge in [0.05, 0.1) is 17.7 Å². The molecule has 0 aliphatic carbocycles. The van der Waals surface area contributed by atoms with Crippen LogP contribution in [-0.4, -0.2) is 33.8 Å². The highest BCUT2D eigenvalue weighted by Crippen LogP contribution is 2.20. The van der Waals surface area contributed by atoms with Crippen molar-refractivity contribution in [2.24, 2.45) is 0 Å². The first kappa shape index (κ1) is 13.5. The minimum Gasteiger partial charge on any atom is -0.478 e. The van der Waals surface area contributed by atoms with Gasteiger partial charge in [0.15, 0.2) is 0 Å². The predicted octanol–water partition coefficient (Wildman–Crippen LogP) is 2.33. The standard InChI is InChI=1S/C14H18N2O3/c1-3-12-15-13-10(14(17)18)6-5-7-11(13)16(12)8-9-19-4-2/h5-7H,3-4,8-9H2,1-2H3,(H,17,18). The molecule has 19 heavy (non-hydrogen) atoms. The number of aryl methyl sites for hydroxylation is 1. The average molecular weight is 262 g/mol. The second-order valence-corrected chi connectivity index (χ2v) is 4.21. The van der Waals surface area contributed by atoms with Crippen molar-refractivity contribution in [2.75, 3.05) is 13.2 Å². The molecule has 0 unspecified atom stereocenters. The Morgan fingerprint density at radius 2 is 2.21 bits per heavy atom. The van der Waals surface area contributed by atoms with Crippen molar-refractivity contribution in [3.05, 3.63) is 29.6 Å². The molecule has 1 aromatic heterocycles. The van der Waals surface area contributed by atoms with E-state index in [4.69, 9.17) is 4.74 Å². The van der Waals surface area contributed by atoms with E-state index >= 15 is 0 Å². The molecule has 2 rings (SSSR count). The zero-order chi connectivity index (χ0) is 13.8. The van der Waals surface area contributed by atoms with Gasteiger partial charge in [-0.05, 0) is 19.1 Å². The van der Waals surface area contributed by atoms with Crippen molar-refractivity contribution in [1.82, 2.24) is 9.55 Å². The van der Waals surface area contributed by atoms with Gasteiger partial charge in [-0.3, -0.25) is 0 Å². The molecule has 0 aliphatic heterocycles. The van der Waals surface area contributed by atoms with E-state index in [1.54, 1.807) is 12.1 Å². The molecule has 5 nitrogen and oxygen atoms in total. The fourth-order valence-corrected chi connectivity index (χ4v) is 2.19. The number of fused-ring (bicyclic) bond motifs is 1. The number of hydrogen-bond donors (Lipinski definition) is 1. The molecule has 5 heteroatoms. The lowest BCUT2D eigenvalue weighted by atomic mass is 10.2.